The fraction of sp³-hybridized carbons (Fsp3) is 0.200. The zero-order chi connectivity index (χ0) is 15.6. The van der Waals surface area contributed by atoms with Gasteiger partial charge in [-0.2, -0.15) is 0 Å². The van der Waals surface area contributed by atoms with Crippen LogP contribution in [-0.4, -0.2) is 14.2 Å². The van der Waals surface area contributed by atoms with Gasteiger partial charge in [0.2, 0.25) is 0 Å². The summed E-state index contributed by atoms with van der Waals surface area (Å²) < 4.78 is 45.6. The number of ether oxygens (including phenoxy) is 1. The first-order valence-electron chi connectivity index (χ1n) is 6.13. The van der Waals surface area contributed by atoms with Crippen molar-refractivity contribution in [1.82, 2.24) is 5.32 Å². The van der Waals surface area contributed by atoms with E-state index < -0.39 is 23.5 Å². The predicted molar refractivity (Wildman–Crippen MR) is 75.2 cm³/mol. The summed E-state index contributed by atoms with van der Waals surface area (Å²) in [5.41, 5.74) is 0.495. The number of hydrogen-bond acceptors (Lipinski definition) is 2. The molecular weight excluding hydrogens is 303 g/mol. The standard InChI is InChI=1S/C15H13ClF3NO/c1-20-15(9-6-12(18)13(19)7-11(9)17)10-5-8(16)3-4-14(10)21-2/h3-7,15,20H,1-2H3. The molecule has 0 aromatic heterocycles. The van der Waals surface area contributed by atoms with Gasteiger partial charge < -0.3 is 10.1 Å². The normalized spacial score (nSPS) is 12.3. The fourth-order valence-corrected chi connectivity index (χ4v) is 2.35. The van der Waals surface area contributed by atoms with Gasteiger partial charge in [0, 0.05) is 22.2 Å². The summed E-state index contributed by atoms with van der Waals surface area (Å²) in [4.78, 5) is 0. The van der Waals surface area contributed by atoms with E-state index in [0.717, 1.165) is 6.07 Å². The van der Waals surface area contributed by atoms with Crippen LogP contribution in [0.3, 0.4) is 0 Å². The average Bonchev–Trinajstić information content (AvgIpc) is 2.45. The molecule has 0 amide bonds. The molecule has 1 atom stereocenters. The van der Waals surface area contributed by atoms with Crippen LogP contribution < -0.4 is 10.1 Å². The molecule has 2 nitrogen and oxygen atoms in total. The van der Waals surface area contributed by atoms with Crippen LogP contribution in [0, 0.1) is 17.5 Å². The largest absolute Gasteiger partial charge is 0.496 e. The maximum absolute atomic E-state index is 14.0. The molecule has 0 spiro atoms. The Morgan fingerprint density at radius 1 is 1.00 bits per heavy atom. The Labute approximate surface area is 125 Å². The van der Waals surface area contributed by atoms with Crippen molar-refractivity contribution in [1.29, 1.82) is 0 Å². The zero-order valence-electron chi connectivity index (χ0n) is 11.4. The van der Waals surface area contributed by atoms with Gasteiger partial charge in [0.05, 0.1) is 13.2 Å². The van der Waals surface area contributed by atoms with Gasteiger partial charge in [0.1, 0.15) is 11.6 Å². The first-order valence-corrected chi connectivity index (χ1v) is 6.51. The summed E-state index contributed by atoms with van der Waals surface area (Å²) in [6.45, 7) is 0. The lowest BCUT2D eigenvalue weighted by Gasteiger charge is -2.21. The third kappa shape index (κ3) is 3.14. The van der Waals surface area contributed by atoms with E-state index in [1.54, 1.807) is 25.2 Å². The number of nitrogens with one attached hydrogen (secondary N) is 1. The number of methoxy groups -OCH3 is 1. The monoisotopic (exact) mass is 315 g/mol. The highest BCUT2D eigenvalue weighted by Gasteiger charge is 2.22. The second kappa shape index (κ2) is 6.37. The van der Waals surface area contributed by atoms with Crippen LogP contribution in [0.25, 0.3) is 0 Å². The molecule has 1 unspecified atom stereocenters. The lowest BCUT2D eigenvalue weighted by molar-refractivity contribution is 0.404. The van der Waals surface area contributed by atoms with Gasteiger partial charge in [0.25, 0.3) is 0 Å². The van der Waals surface area contributed by atoms with Gasteiger partial charge in [0.15, 0.2) is 11.6 Å². The minimum Gasteiger partial charge on any atom is -0.496 e. The van der Waals surface area contributed by atoms with E-state index in [-0.39, 0.29) is 5.56 Å². The fourth-order valence-electron chi connectivity index (χ4n) is 2.17. The summed E-state index contributed by atoms with van der Waals surface area (Å²) in [7, 11) is 3.03. The van der Waals surface area contributed by atoms with E-state index in [1.165, 1.54) is 7.11 Å². The molecule has 0 aliphatic carbocycles. The molecule has 0 heterocycles. The summed E-state index contributed by atoms with van der Waals surface area (Å²) in [5, 5.41) is 3.28. The lowest BCUT2D eigenvalue weighted by Crippen LogP contribution is -2.20. The molecule has 0 saturated heterocycles. The van der Waals surface area contributed by atoms with Crippen molar-refractivity contribution in [3.05, 3.63) is 63.9 Å². The Morgan fingerprint density at radius 2 is 1.67 bits per heavy atom. The third-order valence-electron chi connectivity index (χ3n) is 3.14. The van der Waals surface area contributed by atoms with Crippen molar-refractivity contribution in [3.63, 3.8) is 0 Å². The number of halogens is 4. The quantitative estimate of drug-likeness (QED) is 0.859. The second-order valence-corrected chi connectivity index (χ2v) is 4.83. The second-order valence-electron chi connectivity index (χ2n) is 4.40. The molecule has 0 fully saturated rings. The third-order valence-corrected chi connectivity index (χ3v) is 3.38. The van der Waals surface area contributed by atoms with Gasteiger partial charge >= 0.3 is 0 Å². The van der Waals surface area contributed by atoms with E-state index in [0.29, 0.717) is 22.4 Å². The Bertz CT molecular complexity index is 664. The molecule has 0 bridgehead atoms. The number of rotatable bonds is 4. The van der Waals surface area contributed by atoms with Gasteiger partial charge in [-0.1, -0.05) is 11.6 Å². The van der Waals surface area contributed by atoms with Crippen LogP contribution in [0.15, 0.2) is 30.3 Å². The number of benzene rings is 2. The van der Waals surface area contributed by atoms with Crippen molar-refractivity contribution < 1.29 is 17.9 Å². The molecule has 112 valence electrons. The highest BCUT2D eigenvalue weighted by atomic mass is 35.5. The van der Waals surface area contributed by atoms with E-state index in [9.17, 15) is 13.2 Å². The molecule has 0 aliphatic heterocycles. The first-order chi connectivity index (χ1) is 9.97. The number of hydrogen-bond donors (Lipinski definition) is 1. The summed E-state index contributed by atoms with van der Waals surface area (Å²) in [6, 6.07) is 5.45. The maximum atomic E-state index is 14.0. The molecule has 21 heavy (non-hydrogen) atoms. The van der Waals surface area contributed by atoms with E-state index >= 15 is 0 Å². The van der Waals surface area contributed by atoms with E-state index in [1.807, 2.05) is 0 Å². The topological polar surface area (TPSA) is 21.3 Å². The molecule has 2 rings (SSSR count). The van der Waals surface area contributed by atoms with Gasteiger partial charge in [-0.15, -0.1) is 0 Å². The average molecular weight is 316 g/mol. The van der Waals surface area contributed by atoms with Crippen molar-refractivity contribution in [2.45, 2.75) is 6.04 Å². The van der Waals surface area contributed by atoms with Gasteiger partial charge in [-0.05, 0) is 31.3 Å². The summed E-state index contributed by atoms with van der Waals surface area (Å²) >= 11 is 5.95. The Kier molecular flexibility index (Phi) is 4.75. The molecule has 6 heteroatoms. The van der Waals surface area contributed by atoms with Crippen molar-refractivity contribution >= 4 is 11.6 Å². The van der Waals surface area contributed by atoms with E-state index in [2.05, 4.69) is 5.32 Å². The Morgan fingerprint density at radius 3 is 2.29 bits per heavy atom. The lowest BCUT2D eigenvalue weighted by atomic mass is 9.97. The Hall–Kier alpha value is -1.72. The maximum Gasteiger partial charge on any atom is 0.161 e. The SMILES string of the molecule is CNC(c1cc(F)c(F)cc1F)c1cc(Cl)ccc1OC. The van der Waals surface area contributed by atoms with Crippen LogP contribution in [0.4, 0.5) is 13.2 Å². The first kappa shape index (κ1) is 15.7. The molecule has 2 aromatic carbocycles. The van der Waals surface area contributed by atoms with Crippen LogP contribution in [-0.2, 0) is 0 Å². The highest BCUT2D eigenvalue weighted by Crippen LogP contribution is 2.33. The molecule has 1 N–H and O–H groups in total. The van der Waals surface area contributed by atoms with Gasteiger partial charge in [-0.25, -0.2) is 13.2 Å². The highest BCUT2D eigenvalue weighted by molar-refractivity contribution is 6.30. The molecule has 0 aliphatic rings. The Balaban J connectivity index is 2.59. The summed E-state index contributed by atoms with van der Waals surface area (Å²) in [6.07, 6.45) is 0. The zero-order valence-corrected chi connectivity index (χ0v) is 12.1. The van der Waals surface area contributed by atoms with Crippen molar-refractivity contribution in [2.24, 2.45) is 0 Å². The van der Waals surface area contributed by atoms with Gasteiger partial charge in [-0.3, -0.25) is 0 Å². The smallest absolute Gasteiger partial charge is 0.161 e. The van der Waals surface area contributed by atoms with Crippen LogP contribution >= 0.6 is 11.6 Å². The van der Waals surface area contributed by atoms with E-state index in [4.69, 9.17) is 16.3 Å². The minimum absolute atomic E-state index is 0.0306. The molecule has 2 aromatic rings. The van der Waals surface area contributed by atoms with Crippen LogP contribution in [0.5, 0.6) is 5.75 Å². The molecule has 0 radical (unpaired) electrons. The minimum atomic E-state index is -1.23. The molecular formula is C15H13ClF3NO. The molecule has 0 saturated carbocycles. The van der Waals surface area contributed by atoms with Crippen LogP contribution in [0.1, 0.15) is 17.2 Å². The predicted octanol–water partition coefficient (Wildman–Crippen LogP) is 4.07. The van der Waals surface area contributed by atoms with Crippen molar-refractivity contribution in [2.75, 3.05) is 14.2 Å². The summed E-state index contributed by atoms with van der Waals surface area (Å²) in [5.74, 6) is -2.74. The van der Waals surface area contributed by atoms with Crippen LogP contribution in [0.2, 0.25) is 5.02 Å². The van der Waals surface area contributed by atoms with Crippen molar-refractivity contribution in [3.8, 4) is 5.75 Å².